The summed E-state index contributed by atoms with van der Waals surface area (Å²) in [5, 5.41) is 0. The van der Waals surface area contributed by atoms with Crippen LogP contribution in [0.15, 0.2) is 24.8 Å². The smallest absolute Gasteiger partial charge is 0.223 e. The lowest BCUT2D eigenvalue weighted by Gasteiger charge is -1.56. The summed E-state index contributed by atoms with van der Waals surface area (Å²) < 4.78 is 0. The second kappa shape index (κ2) is 5.02. The van der Waals surface area contributed by atoms with Gasteiger partial charge in [0.25, 0.3) is 0 Å². The van der Waals surface area contributed by atoms with Crippen molar-refractivity contribution in [2.45, 2.75) is 0 Å². The van der Waals surface area contributed by atoms with Gasteiger partial charge in [-0.15, -0.1) is 0 Å². The summed E-state index contributed by atoms with van der Waals surface area (Å²) in [6.07, 6.45) is 7.05. The van der Waals surface area contributed by atoms with E-state index in [1.807, 2.05) is 0 Å². The molecule has 0 aromatic carbocycles. The first kappa shape index (κ1) is 6.02. The Bertz CT molecular complexity index is 82.2. The molecular weight excluding hydrogens is 88.1 g/mol. The van der Waals surface area contributed by atoms with Crippen molar-refractivity contribution in [2.24, 2.45) is 0 Å². The lowest BCUT2D eigenvalue weighted by atomic mass is 10.4. The predicted octanol–water partition coefficient (Wildman–Crippen LogP) is 1.13. The third-order valence-electron chi connectivity index (χ3n) is 0.437. The number of allylic oxidation sites excluding steroid dienone is 3. The van der Waals surface area contributed by atoms with Gasteiger partial charge in [-0.1, -0.05) is 6.58 Å². The van der Waals surface area contributed by atoms with Crippen molar-refractivity contribution in [3.05, 3.63) is 31.2 Å². The van der Waals surface area contributed by atoms with Crippen LogP contribution in [-0.4, -0.2) is 6.29 Å². The minimum atomic E-state index is 0.722. The van der Waals surface area contributed by atoms with Gasteiger partial charge in [0.2, 0.25) is 6.29 Å². The van der Waals surface area contributed by atoms with Gasteiger partial charge in [-0.05, 0) is 0 Å². The van der Waals surface area contributed by atoms with Crippen LogP contribution in [0.3, 0.4) is 0 Å². The monoisotopic (exact) mass is 95.0 g/mol. The molecule has 0 bridgehead atoms. The van der Waals surface area contributed by atoms with Gasteiger partial charge in [0.15, 0.2) is 0 Å². The Hall–Kier alpha value is -0.980. The van der Waals surface area contributed by atoms with Crippen molar-refractivity contribution in [3.63, 3.8) is 0 Å². The van der Waals surface area contributed by atoms with Gasteiger partial charge in [0.05, 0.1) is 6.08 Å². The molecule has 0 saturated carbocycles. The molecule has 0 atom stereocenters. The lowest BCUT2D eigenvalue weighted by molar-refractivity contribution is -0.104. The molecule has 0 unspecified atom stereocenters. The summed E-state index contributed by atoms with van der Waals surface area (Å²) >= 11 is 0. The number of aldehydes is 1. The summed E-state index contributed by atoms with van der Waals surface area (Å²) in [4.78, 5) is 9.54. The SMILES string of the molecule is C=CC=C[CH+]C=O. The second-order valence-electron chi connectivity index (χ2n) is 0.949. The Labute approximate surface area is 43.3 Å². The summed E-state index contributed by atoms with van der Waals surface area (Å²) in [5.74, 6) is 0. The van der Waals surface area contributed by atoms with Crippen molar-refractivity contribution >= 4 is 6.29 Å². The third kappa shape index (κ3) is 5.02. The second-order valence-corrected chi connectivity index (χ2v) is 0.949. The molecule has 0 rings (SSSR count). The zero-order valence-electron chi connectivity index (χ0n) is 4.00. The molecule has 0 aliphatic heterocycles. The lowest BCUT2D eigenvalue weighted by Crippen LogP contribution is -1.64. The highest BCUT2D eigenvalue weighted by Crippen LogP contribution is 1.73. The quantitative estimate of drug-likeness (QED) is 0.292. The molecule has 0 amide bonds. The molecule has 1 nitrogen and oxygen atoms in total. The number of carbonyl (C=O) groups is 1. The van der Waals surface area contributed by atoms with E-state index in [2.05, 4.69) is 6.58 Å². The fourth-order valence-electron chi connectivity index (χ4n) is 0.188. The first-order valence-corrected chi connectivity index (χ1v) is 1.98. The van der Waals surface area contributed by atoms with Gasteiger partial charge >= 0.3 is 0 Å². The van der Waals surface area contributed by atoms with Gasteiger partial charge in [0, 0.05) is 6.08 Å². The number of carbonyl (C=O) groups excluding carboxylic acids is 1. The van der Waals surface area contributed by atoms with Gasteiger partial charge in [0.1, 0.15) is 12.5 Å². The zero-order chi connectivity index (χ0) is 5.54. The van der Waals surface area contributed by atoms with E-state index in [1.54, 1.807) is 18.2 Å². The summed E-state index contributed by atoms with van der Waals surface area (Å²) in [7, 11) is 0. The van der Waals surface area contributed by atoms with Crippen LogP contribution in [0.5, 0.6) is 0 Å². The Kier molecular flexibility index (Phi) is 4.32. The highest BCUT2D eigenvalue weighted by Gasteiger charge is 1.76. The summed E-state index contributed by atoms with van der Waals surface area (Å²) in [5.41, 5.74) is 0. The van der Waals surface area contributed by atoms with E-state index in [9.17, 15) is 4.79 Å². The normalized spacial score (nSPS) is 8.57. The molecule has 7 heavy (non-hydrogen) atoms. The van der Waals surface area contributed by atoms with Crippen LogP contribution in [0.1, 0.15) is 0 Å². The van der Waals surface area contributed by atoms with Crippen LogP contribution in [0.4, 0.5) is 0 Å². The van der Waals surface area contributed by atoms with Crippen LogP contribution in [0, 0.1) is 6.42 Å². The minimum Gasteiger partial charge on any atom is -0.274 e. The summed E-state index contributed by atoms with van der Waals surface area (Å²) in [6.45, 7) is 3.41. The van der Waals surface area contributed by atoms with Gasteiger partial charge in [-0.3, -0.25) is 4.79 Å². The van der Waals surface area contributed by atoms with E-state index in [0.717, 1.165) is 6.29 Å². The standard InChI is InChI=1S/C6H7O/c1-2-3-4-5-6-7/h2-6H,1H2/q+1. The van der Waals surface area contributed by atoms with E-state index >= 15 is 0 Å². The fraction of sp³-hybridized carbons (Fsp3) is 0. The molecular formula is C6H7O+. The van der Waals surface area contributed by atoms with Crippen LogP contribution >= 0.6 is 0 Å². The minimum absolute atomic E-state index is 0.722. The highest BCUT2D eigenvalue weighted by molar-refractivity contribution is 5.64. The molecule has 0 aromatic heterocycles. The molecule has 36 valence electrons. The van der Waals surface area contributed by atoms with Crippen LogP contribution in [-0.2, 0) is 4.79 Å². The van der Waals surface area contributed by atoms with Crippen molar-refractivity contribution in [2.75, 3.05) is 0 Å². The van der Waals surface area contributed by atoms with E-state index in [1.165, 1.54) is 6.42 Å². The fourth-order valence-corrected chi connectivity index (χ4v) is 0.188. The molecule has 0 heterocycles. The molecule has 0 aliphatic carbocycles. The predicted molar refractivity (Wildman–Crippen MR) is 29.7 cm³/mol. The first-order valence-electron chi connectivity index (χ1n) is 1.98. The van der Waals surface area contributed by atoms with Gasteiger partial charge in [-0.25, -0.2) is 0 Å². The number of hydrogen-bond acceptors (Lipinski definition) is 1. The maximum absolute atomic E-state index is 9.54. The topological polar surface area (TPSA) is 17.1 Å². The van der Waals surface area contributed by atoms with Gasteiger partial charge in [-0.2, -0.15) is 0 Å². The maximum Gasteiger partial charge on any atom is 0.223 e. The summed E-state index contributed by atoms with van der Waals surface area (Å²) in [6, 6.07) is 0. The Morgan fingerprint density at radius 2 is 2.29 bits per heavy atom. The van der Waals surface area contributed by atoms with Crippen molar-refractivity contribution < 1.29 is 4.79 Å². The maximum atomic E-state index is 9.54. The molecule has 1 heteroatoms. The van der Waals surface area contributed by atoms with Crippen LogP contribution in [0.2, 0.25) is 0 Å². The largest absolute Gasteiger partial charge is 0.274 e. The molecule has 0 spiro atoms. The Balaban J connectivity index is 3.08. The molecule has 0 aromatic rings. The molecule has 0 fully saturated rings. The van der Waals surface area contributed by atoms with Crippen molar-refractivity contribution in [1.29, 1.82) is 0 Å². The molecule has 0 radical (unpaired) electrons. The molecule has 0 saturated heterocycles. The van der Waals surface area contributed by atoms with E-state index in [4.69, 9.17) is 0 Å². The zero-order valence-corrected chi connectivity index (χ0v) is 4.00. The number of rotatable bonds is 3. The third-order valence-corrected chi connectivity index (χ3v) is 0.437. The molecule has 0 aliphatic rings. The molecule has 0 N–H and O–H groups in total. The first-order chi connectivity index (χ1) is 3.41. The van der Waals surface area contributed by atoms with Crippen molar-refractivity contribution in [1.82, 2.24) is 0 Å². The van der Waals surface area contributed by atoms with Crippen LogP contribution < -0.4 is 0 Å². The van der Waals surface area contributed by atoms with Crippen molar-refractivity contribution in [3.8, 4) is 0 Å². The Morgan fingerprint density at radius 3 is 2.71 bits per heavy atom. The van der Waals surface area contributed by atoms with E-state index in [0.29, 0.717) is 0 Å². The highest BCUT2D eigenvalue weighted by atomic mass is 16.1. The average Bonchev–Trinajstić information content (AvgIpc) is 1.69. The van der Waals surface area contributed by atoms with Crippen LogP contribution in [0.25, 0.3) is 0 Å². The van der Waals surface area contributed by atoms with E-state index < -0.39 is 0 Å². The number of hydrogen-bond donors (Lipinski definition) is 0. The van der Waals surface area contributed by atoms with Gasteiger partial charge < -0.3 is 0 Å². The Morgan fingerprint density at radius 1 is 1.57 bits per heavy atom. The van der Waals surface area contributed by atoms with E-state index in [-0.39, 0.29) is 0 Å². The average molecular weight is 95.1 g/mol.